The number of aliphatic hydroxyl groups excluding tert-OH is 1. The van der Waals surface area contributed by atoms with Gasteiger partial charge in [0.25, 0.3) is 0 Å². The Kier molecular flexibility index (Phi) is 27.4. The summed E-state index contributed by atoms with van der Waals surface area (Å²) < 4.78 is 6.48. The molecular weight excluding hydrogens is 612 g/mol. The summed E-state index contributed by atoms with van der Waals surface area (Å²) >= 11 is 24.5. The SMILES string of the molecule is CN1CCN(CCCO)CC1.C[NH+]1CC[NH+](CCCOC(=O)Cl)CC1.O=C(Cl)OC(Cl)(Cl)Cl.[Cl-].[Cl-]. The number of alkyl halides is 3. The van der Waals surface area contributed by atoms with Crippen molar-refractivity contribution in [3.05, 3.63) is 0 Å². The minimum absolute atomic E-state index is 0. The summed E-state index contributed by atoms with van der Waals surface area (Å²) in [6.07, 6.45) is 1.83. The van der Waals surface area contributed by atoms with Crippen molar-refractivity contribution in [3.8, 4) is 0 Å². The standard InChI is InChI=1S/C9H17ClN2O2.C8H18N2O.C2Cl4O2.2ClH/c1-11-4-6-12(7-5-11)3-2-8-14-9(10)13;1-9-4-6-10(7-5-9)3-2-8-11;3-1(7)8-2(4,5)6;;/h2-8H2,1H3;11H,2-8H2,1H3;;2*1H. The maximum Gasteiger partial charge on any atom is 0.407 e. The Hall–Kier alpha value is 0.770. The van der Waals surface area contributed by atoms with Gasteiger partial charge in [-0.2, -0.15) is 0 Å². The zero-order chi connectivity index (χ0) is 25.3. The third-order valence-corrected chi connectivity index (χ3v) is 5.54. The molecule has 212 valence electrons. The van der Waals surface area contributed by atoms with Crippen molar-refractivity contribution in [1.82, 2.24) is 9.80 Å². The number of nitrogens with zero attached hydrogens (tertiary/aromatic N) is 2. The van der Waals surface area contributed by atoms with Gasteiger partial charge in [0.1, 0.15) is 26.2 Å². The molecule has 0 bridgehead atoms. The van der Waals surface area contributed by atoms with Gasteiger partial charge in [0, 0.05) is 69.0 Å². The minimum Gasteiger partial charge on any atom is -1.00 e. The van der Waals surface area contributed by atoms with E-state index < -0.39 is 14.8 Å². The number of hydrogen-bond donors (Lipinski definition) is 3. The third-order valence-electron chi connectivity index (χ3n) is 5.13. The van der Waals surface area contributed by atoms with Crippen LogP contribution in [0, 0.1) is 0 Å². The molecule has 16 heteroatoms. The second kappa shape index (κ2) is 23.9. The molecule has 3 N–H and O–H groups in total. The molecule has 0 aliphatic carbocycles. The van der Waals surface area contributed by atoms with E-state index in [1.165, 1.54) is 39.3 Å². The monoisotopic (exact) mass is 646 g/mol. The van der Waals surface area contributed by atoms with Gasteiger partial charge in [0.05, 0.1) is 20.2 Å². The van der Waals surface area contributed by atoms with E-state index >= 15 is 0 Å². The summed E-state index contributed by atoms with van der Waals surface area (Å²) in [6, 6.07) is 0. The van der Waals surface area contributed by atoms with Gasteiger partial charge < -0.3 is 59.0 Å². The van der Waals surface area contributed by atoms with E-state index in [1.54, 1.807) is 9.80 Å². The Labute approximate surface area is 246 Å². The molecule has 2 heterocycles. The van der Waals surface area contributed by atoms with Crippen LogP contribution >= 0.6 is 58.0 Å². The zero-order valence-corrected chi connectivity index (χ0v) is 25.3. The van der Waals surface area contributed by atoms with Gasteiger partial charge in [-0.3, -0.25) is 0 Å². The summed E-state index contributed by atoms with van der Waals surface area (Å²) in [5, 5.41) is 8.61. The van der Waals surface area contributed by atoms with E-state index in [4.69, 9.17) is 51.5 Å². The van der Waals surface area contributed by atoms with Crippen molar-refractivity contribution < 1.29 is 58.8 Å². The fourth-order valence-corrected chi connectivity index (χ4v) is 3.73. The lowest BCUT2D eigenvalue weighted by atomic mass is 10.3. The second-order valence-electron chi connectivity index (χ2n) is 7.90. The Balaban J connectivity index is -0.000000443. The second-order valence-corrected chi connectivity index (χ2v) is 10.7. The van der Waals surface area contributed by atoms with E-state index in [9.17, 15) is 9.59 Å². The Morgan fingerprint density at radius 3 is 1.89 bits per heavy atom. The van der Waals surface area contributed by atoms with Gasteiger partial charge in [-0.05, 0) is 48.3 Å². The third kappa shape index (κ3) is 27.6. The zero-order valence-electron chi connectivity index (χ0n) is 20.0. The van der Waals surface area contributed by atoms with Crippen LogP contribution in [0.1, 0.15) is 12.8 Å². The highest BCUT2D eigenvalue weighted by Gasteiger charge is 2.23. The van der Waals surface area contributed by atoms with Crippen molar-refractivity contribution in [2.75, 3.05) is 92.8 Å². The van der Waals surface area contributed by atoms with E-state index in [2.05, 4.69) is 45.0 Å². The van der Waals surface area contributed by atoms with E-state index in [-0.39, 0.29) is 24.8 Å². The van der Waals surface area contributed by atoms with Gasteiger partial charge in [0.2, 0.25) is 0 Å². The first-order chi connectivity index (χ1) is 15.4. The van der Waals surface area contributed by atoms with Crippen LogP contribution in [0.25, 0.3) is 0 Å². The van der Waals surface area contributed by atoms with Crippen molar-refractivity contribution in [2.24, 2.45) is 0 Å². The molecule has 35 heavy (non-hydrogen) atoms. The highest BCUT2D eigenvalue weighted by Crippen LogP contribution is 2.27. The molecule has 0 spiro atoms. The number of halogens is 7. The van der Waals surface area contributed by atoms with Crippen LogP contribution in [0.5, 0.6) is 0 Å². The molecule has 0 aromatic rings. The van der Waals surface area contributed by atoms with E-state index in [0.717, 1.165) is 39.0 Å². The van der Waals surface area contributed by atoms with Crippen LogP contribution in [-0.4, -0.2) is 122 Å². The first kappa shape index (κ1) is 40.3. The fourth-order valence-electron chi connectivity index (χ4n) is 3.21. The summed E-state index contributed by atoms with van der Waals surface area (Å²) in [7, 11) is 4.38. The molecule has 9 nitrogen and oxygen atoms in total. The first-order valence-electron chi connectivity index (χ1n) is 10.9. The Morgan fingerprint density at radius 1 is 0.943 bits per heavy atom. The number of carbonyl (C=O) groups excluding carboxylic acids is 2. The molecule has 0 aromatic heterocycles. The largest absolute Gasteiger partial charge is 1.00 e. The maximum atomic E-state index is 10.3. The molecule has 0 unspecified atom stereocenters. The number of nitrogens with one attached hydrogen (secondary N) is 2. The molecular formula is C19H37Cl7N4O5. The normalized spacial score (nSPS) is 20.5. The molecule has 0 amide bonds. The van der Waals surface area contributed by atoms with Crippen LogP contribution in [0.4, 0.5) is 9.59 Å². The van der Waals surface area contributed by atoms with Crippen LogP contribution < -0.4 is 34.6 Å². The fraction of sp³-hybridized carbons (Fsp3) is 0.895. The van der Waals surface area contributed by atoms with Gasteiger partial charge in [-0.25, -0.2) is 9.59 Å². The molecule has 0 radical (unpaired) electrons. The predicted octanol–water partition coefficient (Wildman–Crippen LogP) is -5.52. The van der Waals surface area contributed by atoms with Crippen molar-refractivity contribution in [3.63, 3.8) is 0 Å². The number of carbonyl (C=O) groups is 2. The molecule has 0 saturated carbocycles. The first-order valence-corrected chi connectivity index (χ1v) is 12.8. The van der Waals surface area contributed by atoms with Crippen molar-refractivity contribution in [2.45, 2.75) is 16.8 Å². The summed E-state index contributed by atoms with van der Waals surface area (Å²) in [6.45, 7) is 12.5. The minimum atomic E-state index is -2.04. The smallest absolute Gasteiger partial charge is 0.407 e. The molecule has 2 rings (SSSR count). The highest BCUT2D eigenvalue weighted by atomic mass is 35.6. The molecule has 2 aliphatic rings. The van der Waals surface area contributed by atoms with Crippen LogP contribution in [-0.2, 0) is 9.47 Å². The number of quaternary nitrogens is 2. The lowest BCUT2D eigenvalue weighted by Crippen LogP contribution is -3.27. The summed E-state index contributed by atoms with van der Waals surface area (Å²) in [5.41, 5.74) is -1.84. The number of ether oxygens (including phenoxy) is 2. The molecule has 2 saturated heterocycles. The average Bonchev–Trinajstić information content (AvgIpc) is 2.71. The lowest BCUT2D eigenvalue weighted by Gasteiger charge is -2.32. The molecule has 0 atom stereocenters. The van der Waals surface area contributed by atoms with Gasteiger partial charge in [-0.1, -0.05) is 0 Å². The average molecular weight is 650 g/mol. The van der Waals surface area contributed by atoms with Crippen LogP contribution in [0.2, 0.25) is 0 Å². The maximum absolute atomic E-state index is 10.3. The number of rotatable bonds is 7. The molecule has 2 fully saturated rings. The van der Waals surface area contributed by atoms with Gasteiger partial charge in [0.15, 0.2) is 0 Å². The van der Waals surface area contributed by atoms with Gasteiger partial charge in [-0.15, -0.1) is 0 Å². The van der Waals surface area contributed by atoms with Crippen LogP contribution in [0.3, 0.4) is 0 Å². The topological polar surface area (TPSA) is 88.2 Å². The summed E-state index contributed by atoms with van der Waals surface area (Å²) in [4.78, 5) is 28.0. The quantitative estimate of drug-likeness (QED) is 0.144. The van der Waals surface area contributed by atoms with Gasteiger partial charge >= 0.3 is 14.8 Å². The van der Waals surface area contributed by atoms with E-state index in [1.807, 2.05) is 0 Å². The van der Waals surface area contributed by atoms with Crippen molar-refractivity contribution in [1.29, 1.82) is 0 Å². The lowest BCUT2D eigenvalue weighted by molar-refractivity contribution is -1.00. The van der Waals surface area contributed by atoms with E-state index in [0.29, 0.717) is 13.2 Å². The predicted molar refractivity (Wildman–Crippen MR) is 132 cm³/mol. The van der Waals surface area contributed by atoms with Crippen LogP contribution in [0.15, 0.2) is 0 Å². The van der Waals surface area contributed by atoms with Crippen molar-refractivity contribution >= 4 is 68.9 Å². The summed E-state index contributed by atoms with van der Waals surface area (Å²) in [5.74, 6) is 0. The number of piperazine rings is 2. The number of likely N-dealkylation sites (N-methyl/N-ethyl adjacent to an activating group) is 2. The number of aliphatic hydroxyl groups is 1. The number of hydrogen-bond acceptors (Lipinski definition) is 7. The Bertz CT molecular complexity index is 531. The Morgan fingerprint density at radius 2 is 1.49 bits per heavy atom. The highest BCUT2D eigenvalue weighted by molar-refractivity contribution is 6.69. The molecule has 0 aromatic carbocycles. The molecule has 2 aliphatic heterocycles.